The van der Waals surface area contributed by atoms with Crippen LogP contribution >= 0.6 is 0 Å². The third-order valence-electron chi connectivity index (χ3n) is 5.64. The van der Waals surface area contributed by atoms with Crippen LogP contribution in [0.5, 0.6) is 0 Å². The fourth-order valence-corrected chi connectivity index (χ4v) is 4.14. The SMILES string of the molecule is Cc1noc(-c2cn[nH]c2C2CCCN2C(=O)C2CCCC2)c1C. The highest BCUT2D eigenvalue weighted by molar-refractivity contribution is 5.80. The third-order valence-corrected chi connectivity index (χ3v) is 5.64. The van der Waals surface area contributed by atoms with Crippen molar-refractivity contribution in [1.82, 2.24) is 20.3 Å². The van der Waals surface area contributed by atoms with Crippen molar-refractivity contribution >= 4 is 5.91 Å². The van der Waals surface area contributed by atoms with E-state index in [1.165, 1.54) is 12.8 Å². The molecule has 0 radical (unpaired) electrons. The van der Waals surface area contributed by atoms with Crippen molar-refractivity contribution < 1.29 is 9.32 Å². The molecule has 2 fully saturated rings. The molecule has 1 saturated heterocycles. The van der Waals surface area contributed by atoms with Crippen molar-refractivity contribution in [1.29, 1.82) is 0 Å². The number of carbonyl (C=O) groups is 1. The van der Waals surface area contributed by atoms with E-state index >= 15 is 0 Å². The molecule has 1 aliphatic heterocycles. The summed E-state index contributed by atoms with van der Waals surface area (Å²) in [6.45, 7) is 4.79. The molecule has 0 spiro atoms. The lowest BCUT2D eigenvalue weighted by Gasteiger charge is -2.27. The van der Waals surface area contributed by atoms with E-state index in [2.05, 4.69) is 20.3 Å². The number of aromatic nitrogens is 3. The van der Waals surface area contributed by atoms with Gasteiger partial charge in [0.2, 0.25) is 5.91 Å². The molecular formula is C18H24N4O2. The summed E-state index contributed by atoms with van der Waals surface area (Å²) in [7, 11) is 0. The topological polar surface area (TPSA) is 75.0 Å². The highest BCUT2D eigenvalue weighted by Gasteiger charge is 2.37. The zero-order valence-electron chi connectivity index (χ0n) is 14.3. The lowest BCUT2D eigenvalue weighted by atomic mass is 10.0. The number of hydrogen-bond donors (Lipinski definition) is 1. The van der Waals surface area contributed by atoms with Gasteiger partial charge in [-0.05, 0) is 39.5 Å². The lowest BCUT2D eigenvalue weighted by Crippen LogP contribution is -2.35. The lowest BCUT2D eigenvalue weighted by molar-refractivity contribution is -0.136. The standard InChI is InChI=1S/C18H24N4O2/c1-11-12(2)21-24-17(11)14-10-19-20-16(14)15-8-5-9-22(15)18(23)13-6-3-4-7-13/h10,13,15H,3-9H2,1-2H3,(H,19,20). The van der Waals surface area contributed by atoms with Gasteiger partial charge in [0.25, 0.3) is 0 Å². The molecule has 6 heteroatoms. The smallest absolute Gasteiger partial charge is 0.226 e. The monoisotopic (exact) mass is 328 g/mol. The predicted octanol–water partition coefficient (Wildman–Crippen LogP) is 3.54. The summed E-state index contributed by atoms with van der Waals surface area (Å²) in [6, 6.07) is 0.0698. The van der Waals surface area contributed by atoms with Crippen LogP contribution in [-0.4, -0.2) is 32.7 Å². The first-order valence-electron chi connectivity index (χ1n) is 8.94. The minimum atomic E-state index is 0.0698. The molecule has 1 atom stereocenters. The Kier molecular flexibility index (Phi) is 3.90. The maximum absolute atomic E-state index is 12.9. The zero-order valence-corrected chi connectivity index (χ0v) is 14.3. The van der Waals surface area contributed by atoms with Gasteiger partial charge in [0.1, 0.15) is 0 Å². The molecule has 2 aliphatic rings. The second-order valence-corrected chi connectivity index (χ2v) is 7.09. The molecule has 0 aromatic carbocycles. The first kappa shape index (κ1) is 15.4. The van der Waals surface area contributed by atoms with Crippen molar-refractivity contribution in [3.05, 3.63) is 23.1 Å². The van der Waals surface area contributed by atoms with Crippen LogP contribution in [-0.2, 0) is 4.79 Å². The third kappa shape index (κ3) is 2.44. The van der Waals surface area contributed by atoms with E-state index in [9.17, 15) is 4.79 Å². The van der Waals surface area contributed by atoms with Gasteiger partial charge in [-0.3, -0.25) is 9.89 Å². The highest BCUT2D eigenvalue weighted by atomic mass is 16.5. The van der Waals surface area contributed by atoms with E-state index in [4.69, 9.17) is 4.52 Å². The Morgan fingerprint density at radius 1 is 1.25 bits per heavy atom. The van der Waals surface area contributed by atoms with Gasteiger partial charge in [-0.15, -0.1) is 0 Å². The number of aromatic amines is 1. The maximum Gasteiger partial charge on any atom is 0.226 e. The van der Waals surface area contributed by atoms with Crippen LogP contribution in [0.3, 0.4) is 0 Å². The van der Waals surface area contributed by atoms with Gasteiger partial charge in [0, 0.05) is 18.0 Å². The van der Waals surface area contributed by atoms with Crippen LogP contribution in [0.15, 0.2) is 10.7 Å². The van der Waals surface area contributed by atoms with Crippen molar-refractivity contribution in [2.24, 2.45) is 5.92 Å². The number of amides is 1. The molecule has 0 bridgehead atoms. The first-order chi connectivity index (χ1) is 11.7. The van der Waals surface area contributed by atoms with Crippen molar-refractivity contribution in [2.75, 3.05) is 6.54 Å². The normalized spacial score (nSPS) is 21.8. The van der Waals surface area contributed by atoms with Gasteiger partial charge in [0.05, 0.1) is 29.2 Å². The molecule has 2 aromatic rings. The number of nitrogens with one attached hydrogen (secondary N) is 1. The largest absolute Gasteiger partial charge is 0.356 e. The maximum atomic E-state index is 12.9. The number of nitrogens with zero attached hydrogens (tertiary/aromatic N) is 3. The number of aryl methyl sites for hydroxylation is 1. The Bertz CT molecular complexity index is 742. The average Bonchev–Trinajstić information content (AvgIpc) is 3.35. The Hall–Kier alpha value is -2.11. The molecule has 6 nitrogen and oxygen atoms in total. The summed E-state index contributed by atoms with van der Waals surface area (Å²) in [5, 5.41) is 11.4. The van der Waals surface area contributed by atoms with Crippen LogP contribution in [0.4, 0.5) is 0 Å². The van der Waals surface area contributed by atoms with Gasteiger partial charge in [-0.25, -0.2) is 0 Å². The minimum Gasteiger partial charge on any atom is -0.356 e. The van der Waals surface area contributed by atoms with Crippen molar-refractivity contribution in [3.63, 3.8) is 0 Å². The zero-order chi connectivity index (χ0) is 16.7. The molecule has 4 rings (SSSR count). The molecular weight excluding hydrogens is 304 g/mol. The quantitative estimate of drug-likeness (QED) is 0.935. The van der Waals surface area contributed by atoms with Gasteiger partial charge < -0.3 is 9.42 Å². The molecule has 1 aliphatic carbocycles. The van der Waals surface area contributed by atoms with E-state index in [1.807, 2.05) is 13.8 Å². The fourth-order valence-electron chi connectivity index (χ4n) is 4.14. The number of hydrogen-bond acceptors (Lipinski definition) is 4. The molecule has 128 valence electrons. The van der Waals surface area contributed by atoms with Crippen molar-refractivity contribution in [3.8, 4) is 11.3 Å². The van der Waals surface area contributed by atoms with E-state index in [0.717, 1.165) is 60.5 Å². The second kappa shape index (κ2) is 6.07. The molecule has 1 unspecified atom stereocenters. The van der Waals surface area contributed by atoms with E-state index in [-0.39, 0.29) is 12.0 Å². The molecule has 1 amide bonds. The Balaban J connectivity index is 1.65. The molecule has 1 saturated carbocycles. The van der Waals surface area contributed by atoms with Gasteiger partial charge >= 0.3 is 0 Å². The predicted molar refractivity (Wildman–Crippen MR) is 89.2 cm³/mol. The molecule has 1 N–H and O–H groups in total. The highest BCUT2D eigenvalue weighted by Crippen LogP contribution is 2.39. The summed E-state index contributed by atoms with van der Waals surface area (Å²) >= 11 is 0. The summed E-state index contributed by atoms with van der Waals surface area (Å²) < 4.78 is 5.52. The number of rotatable bonds is 3. The van der Waals surface area contributed by atoms with Gasteiger partial charge in [-0.2, -0.15) is 5.10 Å². The van der Waals surface area contributed by atoms with E-state index in [1.54, 1.807) is 6.20 Å². The summed E-state index contributed by atoms with van der Waals surface area (Å²) in [6.07, 6.45) is 8.24. The van der Waals surface area contributed by atoms with Gasteiger partial charge in [0.15, 0.2) is 5.76 Å². The van der Waals surface area contributed by atoms with Gasteiger partial charge in [-0.1, -0.05) is 18.0 Å². The molecule has 2 aromatic heterocycles. The van der Waals surface area contributed by atoms with Crippen LogP contribution in [0.1, 0.15) is 61.5 Å². The summed E-state index contributed by atoms with van der Waals surface area (Å²) in [4.78, 5) is 15.0. The summed E-state index contributed by atoms with van der Waals surface area (Å²) in [5.74, 6) is 1.30. The second-order valence-electron chi connectivity index (χ2n) is 7.09. The van der Waals surface area contributed by atoms with E-state index < -0.39 is 0 Å². The number of likely N-dealkylation sites (tertiary alicyclic amines) is 1. The van der Waals surface area contributed by atoms with Crippen LogP contribution in [0, 0.1) is 19.8 Å². The Morgan fingerprint density at radius 2 is 2.04 bits per heavy atom. The number of carbonyl (C=O) groups excluding carboxylic acids is 1. The van der Waals surface area contributed by atoms with Crippen LogP contribution < -0.4 is 0 Å². The fraction of sp³-hybridized carbons (Fsp3) is 0.611. The Morgan fingerprint density at radius 3 is 2.75 bits per heavy atom. The molecule has 3 heterocycles. The van der Waals surface area contributed by atoms with Crippen LogP contribution in [0.2, 0.25) is 0 Å². The minimum absolute atomic E-state index is 0.0698. The summed E-state index contributed by atoms with van der Waals surface area (Å²) in [5.41, 5.74) is 3.84. The number of H-pyrrole nitrogens is 1. The first-order valence-corrected chi connectivity index (χ1v) is 8.94. The molecule has 24 heavy (non-hydrogen) atoms. The van der Waals surface area contributed by atoms with Crippen molar-refractivity contribution in [2.45, 2.75) is 58.4 Å². The van der Waals surface area contributed by atoms with Crippen LogP contribution in [0.25, 0.3) is 11.3 Å². The average molecular weight is 328 g/mol. The Labute approximate surface area is 141 Å². The van der Waals surface area contributed by atoms with E-state index in [0.29, 0.717) is 5.91 Å².